The number of anilines is 3. The first-order valence-corrected chi connectivity index (χ1v) is 11.0. The SMILES string of the molecule is CC(Nc1cc(C(N)=O)nc(-c2ccc3c(c2)OCCCN3c2ccc(C(F)(F)F)cc2)n1)C(N)=O. The zero-order valence-electron chi connectivity index (χ0n) is 19.2. The van der Waals surface area contributed by atoms with Crippen LogP contribution in [0.3, 0.4) is 0 Å². The highest BCUT2D eigenvalue weighted by atomic mass is 19.4. The van der Waals surface area contributed by atoms with Gasteiger partial charge in [0.05, 0.1) is 17.9 Å². The summed E-state index contributed by atoms with van der Waals surface area (Å²) in [5.74, 6) is -0.590. The van der Waals surface area contributed by atoms with Crippen LogP contribution in [0.5, 0.6) is 5.75 Å². The van der Waals surface area contributed by atoms with Crippen LogP contribution in [-0.4, -0.2) is 41.0 Å². The number of nitrogens with zero attached hydrogens (tertiary/aromatic N) is 3. The van der Waals surface area contributed by atoms with Crippen molar-refractivity contribution in [3.63, 3.8) is 0 Å². The highest BCUT2D eigenvalue weighted by Gasteiger charge is 2.30. The third-order valence-electron chi connectivity index (χ3n) is 5.57. The van der Waals surface area contributed by atoms with Crippen molar-refractivity contribution in [2.24, 2.45) is 11.5 Å². The van der Waals surface area contributed by atoms with E-state index >= 15 is 0 Å². The van der Waals surface area contributed by atoms with Crippen LogP contribution in [0.25, 0.3) is 11.4 Å². The second-order valence-corrected chi connectivity index (χ2v) is 8.18. The third kappa shape index (κ3) is 5.32. The molecule has 2 amide bonds. The van der Waals surface area contributed by atoms with E-state index in [0.29, 0.717) is 42.3 Å². The highest BCUT2D eigenvalue weighted by molar-refractivity contribution is 5.92. The molecule has 0 saturated carbocycles. The van der Waals surface area contributed by atoms with Gasteiger partial charge in [0.2, 0.25) is 5.91 Å². The number of primary amides is 2. The molecule has 1 unspecified atom stereocenters. The maximum absolute atomic E-state index is 13.0. The van der Waals surface area contributed by atoms with Crippen LogP contribution in [0.15, 0.2) is 48.5 Å². The van der Waals surface area contributed by atoms with Gasteiger partial charge in [0.25, 0.3) is 5.91 Å². The van der Waals surface area contributed by atoms with Crippen LogP contribution in [0.2, 0.25) is 0 Å². The first-order chi connectivity index (χ1) is 17.0. The molecule has 0 spiro atoms. The van der Waals surface area contributed by atoms with Gasteiger partial charge in [0.15, 0.2) is 5.82 Å². The minimum absolute atomic E-state index is 0.0681. The summed E-state index contributed by atoms with van der Waals surface area (Å²) in [6, 6.07) is 10.6. The zero-order chi connectivity index (χ0) is 26.0. The molecule has 1 aromatic heterocycles. The number of halogens is 3. The lowest BCUT2D eigenvalue weighted by Gasteiger charge is -2.24. The predicted molar refractivity (Wildman–Crippen MR) is 127 cm³/mol. The van der Waals surface area contributed by atoms with Gasteiger partial charge in [-0.3, -0.25) is 9.59 Å². The maximum atomic E-state index is 13.0. The molecular formula is C24H23F3N6O3. The summed E-state index contributed by atoms with van der Waals surface area (Å²) in [5.41, 5.74) is 11.7. The van der Waals surface area contributed by atoms with Gasteiger partial charge in [-0.05, 0) is 55.8 Å². The standard InChI is InChI=1S/C24H23F3N6O3/c1-13(21(28)34)30-20-12-17(22(29)35)31-23(32-20)14-3-8-18-19(11-14)36-10-2-9-33(18)16-6-4-15(5-7-16)24(25,26)27/h3-8,11-13H,2,9-10H2,1H3,(H2,28,34)(H2,29,35)(H,30,31,32). The molecule has 1 atom stereocenters. The van der Waals surface area contributed by atoms with E-state index in [1.165, 1.54) is 18.2 Å². The van der Waals surface area contributed by atoms with Crippen molar-refractivity contribution >= 4 is 29.0 Å². The van der Waals surface area contributed by atoms with E-state index < -0.39 is 29.6 Å². The zero-order valence-corrected chi connectivity index (χ0v) is 19.2. The fraction of sp³-hybridized carbons (Fsp3) is 0.250. The minimum Gasteiger partial charge on any atom is -0.491 e. The molecule has 0 aliphatic carbocycles. The number of nitrogens with one attached hydrogen (secondary N) is 1. The Morgan fingerprint density at radius 2 is 1.81 bits per heavy atom. The number of carbonyl (C=O) groups excluding carboxylic acids is 2. The number of carbonyl (C=O) groups is 2. The van der Waals surface area contributed by atoms with Gasteiger partial charge >= 0.3 is 6.18 Å². The van der Waals surface area contributed by atoms with Crippen molar-refractivity contribution in [3.8, 4) is 17.1 Å². The number of amides is 2. The van der Waals surface area contributed by atoms with Crippen molar-refractivity contribution in [1.82, 2.24) is 9.97 Å². The van der Waals surface area contributed by atoms with E-state index in [-0.39, 0.29) is 17.3 Å². The number of rotatable bonds is 6. The molecule has 2 heterocycles. The fourth-order valence-corrected chi connectivity index (χ4v) is 3.69. The predicted octanol–water partition coefficient (Wildman–Crippen LogP) is 3.47. The summed E-state index contributed by atoms with van der Waals surface area (Å²) in [6.07, 6.45) is -3.78. The second kappa shape index (κ2) is 9.72. The molecule has 1 aliphatic rings. The molecule has 5 N–H and O–H groups in total. The number of alkyl halides is 3. The van der Waals surface area contributed by atoms with Gasteiger partial charge in [0.1, 0.15) is 23.3 Å². The smallest absolute Gasteiger partial charge is 0.416 e. The molecular weight excluding hydrogens is 477 g/mol. The number of fused-ring (bicyclic) bond motifs is 1. The molecule has 4 rings (SSSR count). The van der Waals surface area contributed by atoms with Crippen molar-refractivity contribution in [2.45, 2.75) is 25.6 Å². The van der Waals surface area contributed by atoms with Crippen LogP contribution < -0.4 is 26.4 Å². The monoisotopic (exact) mass is 500 g/mol. The van der Waals surface area contributed by atoms with Crippen LogP contribution >= 0.6 is 0 Å². The fourth-order valence-electron chi connectivity index (χ4n) is 3.69. The largest absolute Gasteiger partial charge is 0.491 e. The summed E-state index contributed by atoms with van der Waals surface area (Å²) in [4.78, 5) is 33.7. The van der Waals surface area contributed by atoms with Crippen molar-refractivity contribution in [2.75, 3.05) is 23.4 Å². The van der Waals surface area contributed by atoms with Crippen LogP contribution in [0, 0.1) is 0 Å². The summed E-state index contributed by atoms with van der Waals surface area (Å²) >= 11 is 0. The topological polar surface area (TPSA) is 136 Å². The number of nitrogens with two attached hydrogens (primary N) is 2. The Bertz CT molecular complexity index is 1300. The molecule has 1 aliphatic heterocycles. The Morgan fingerprint density at radius 3 is 2.44 bits per heavy atom. The molecule has 9 nitrogen and oxygen atoms in total. The molecule has 36 heavy (non-hydrogen) atoms. The van der Waals surface area contributed by atoms with Gasteiger partial charge in [-0.2, -0.15) is 13.2 Å². The number of ether oxygens (including phenoxy) is 1. The Hall–Kier alpha value is -4.35. The normalized spacial score (nSPS) is 14.3. The molecule has 0 saturated heterocycles. The Labute approximate surface area is 204 Å². The van der Waals surface area contributed by atoms with E-state index in [1.54, 1.807) is 25.1 Å². The molecule has 188 valence electrons. The van der Waals surface area contributed by atoms with Gasteiger partial charge in [0, 0.05) is 23.9 Å². The van der Waals surface area contributed by atoms with Crippen molar-refractivity contribution in [3.05, 3.63) is 59.8 Å². The lowest BCUT2D eigenvalue weighted by molar-refractivity contribution is -0.137. The van der Waals surface area contributed by atoms with Gasteiger partial charge in [-0.1, -0.05) is 0 Å². The number of aromatic nitrogens is 2. The highest BCUT2D eigenvalue weighted by Crippen LogP contribution is 2.39. The molecule has 0 radical (unpaired) electrons. The van der Waals surface area contributed by atoms with E-state index in [1.807, 2.05) is 4.90 Å². The van der Waals surface area contributed by atoms with Gasteiger partial charge in [-0.25, -0.2) is 9.97 Å². The summed E-state index contributed by atoms with van der Waals surface area (Å²) in [7, 11) is 0. The lowest BCUT2D eigenvalue weighted by atomic mass is 10.1. The molecule has 3 aromatic rings. The van der Waals surface area contributed by atoms with E-state index in [9.17, 15) is 22.8 Å². The first-order valence-electron chi connectivity index (χ1n) is 11.0. The average Bonchev–Trinajstić information content (AvgIpc) is 3.05. The van der Waals surface area contributed by atoms with Gasteiger partial charge < -0.3 is 26.4 Å². The number of hydrogen-bond acceptors (Lipinski definition) is 7. The summed E-state index contributed by atoms with van der Waals surface area (Å²) < 4.78 is 44.9. The molecule has 2 aromatic carbocycles. The molecule has 12 heteroatoms. The quantitative estimate of drug-likeness (QED) is 0.471. The Morgan fingerprint density at radius 1 is 1.08 bits per heavy atom. The maximum Gasteiger partial charge on any atom is 0.416 e. The van der Waals surface area contributed by atoms with Crippen LogP contribution in [0.4, 0.5) is 30.4 Å². The summed E-state index contributed by atoms with van der Waals surface area (Å²) in [6.45, 7) is 2.46. The average molecular weight is 500 g/mol. The first kappa shape index (κ1) is 24.8. The Kier molecular flexibility index (Phi) is 6.69. The van der Waals surface area contributed by atoms with Crippen molar-refractivity contribution in [1.29, 1.82) is 0 Å². The van der Waals surface area contributed by atoms with E-state index in [4.69, 9.17) is 16.2 Å². The van der Waals surface area contributed by atoms with E-state index in [0.717, 1.165) is 12.1 Å². The minimum atomic E-state index is -4.42. The van der Waals surface area contributed by atoms with Crippen molar-refractivity contribution < 1.29 is 27.5 Å². The Balaban J connectivity index is 1.71. The number of hydrogen-bond donors (Lipinski definition) is 3. The number of benzene rings is 2. The van der Waals surface area contributed by atoms with E-state index in [2.05, 4.69) is 15.3 Å². The second-order valence-electron chi connectivity index (χ2n) is 8.18. The molecule has 0 bridgehead atoms. The molecule has 0 fully saturated rings. The summed E-state index contributed by atoms with van der Waals surface area (Å²) in [5, 5.41) is 2.81. The third-order valence-corrected chi connectivity index (χ3v) is 5.57. The van der Waals surface area contributed by atoms with Gasteiger partial charge in [-0.15, -0.1) is 0 Å². The lowest BCUT2D eigenvalue weighted by Crippen LogP contribution is -2.33. The van der Waals surface area contributed by atoms with Crippen LogP contribution in [-0.2, 0) is 11.0 Å². The van der Waals surface area contributed by atoms with Crippen LogP contribution in [0.1, 0.15) is 29.4 Å².